The highest BCUT2D eigenvalue weighted by atomic mass is 16.4. The Hall–Kier alpha value is -1.31. The van der Waals surface area contributed by atoms with E-state index in [1.807, 2.05) is 13.8 Å². The quantitative estimate of drug-likeness (QED) is 0.472. The fraction of sp³-hybridized carbons (Fsp3) is 0.562. The van der Waals surface area contributed by atoms with Gasteiger partial charge in [-0.1, -0.05) is 62.5 Å². The summed E-state index contributed by atoms with van der Waals surface area (Å²) in [6.45, 7) is 4.09. The van der Waals surface area contributed by atoms with E-state index < -0.39 is 0 Å². The lowest BCUT2D eigenvalue weighted by Crippen LogP contribution is -2.10. The highest BCUT2D eigenvalue weighted by Crippen LogP contribution is 2.32. The average molecular weight is 245 g/mol. The van der Waals surface area contributed by atoms with Gasteiger partial charge in [-0.15, -0.1) is 0 Å². The SMILES string of the molecule is CC(C)/C(=N\O)c1ccc(C2CCCCC2)cc1. The van der Waals surface area contributed by atoms with E-state index in [1.165, 1.54) is 37.7 Å². The summed E-state index contributed by atoms with van der Waals surface area (Å²) in [7, 11) is 0. The first-order chi connectivity index (χ1) is 8.72. The molecule has 1 saturated carbocycles. The first-order valence-corrected chi connectivity index (χ1v) is 7.04. The van der Waals surface area contributed by atoms with Gasteiger partial charge in [-0.05, 0) is 35.8 Å². The molecule has 0 unspecified atom stereocenters. The summed E-state index contributed by atoms with van der Waals surface area (Å²) in [6.07, 6.45) is 6.77. The summed E-state index contributed by atoms with van der Waals surface area (Å²) in [5.74, 6) is 0.983. The van der Waals surface area contributed by atoms with Gasteiger partial charge in [0.2, 0.25) is 0 Å². The molecule has 0 aromatic heterocycles. The normalized spacial score (nSPS) is 18.3. The van der Waals surface area contributed by atoms with Crippen molar-refractivity contribution in [1.29, 1.82) is 0 Å². The van der Waals surface area contributed by atoms with Crippen molar-refractivity contribution in [3.63, 3.8) is 0 Å². The molecule has 1 N–H and O–H groups in total. The van der Waals surface area contributed by atoms with Crippen LogP contribution in [0.2, 0.25) is 0 Å². The minimum absolute atomic E-state index is 0.246. The van der Waals surface area contributed by atoms with Crippen LogP contribution in [-0.4, -0.2) is 10.9 Å². The lowest BCUT2D eigenvalue weighted by Gasteiger charge is -2.22. The summed E-state index contributed by atoms with van der Waals surface area (Å²) in [4.78, 5) is 0. The Bertz CT molecular complexity index is 400. The summed E-state index contributed by atoms with van der Waals surface area (Å²) in [5, 5.41) is 12.5. The average Bonchev–Trinajstić information content (AvgIpc) is 2.41. The lowest BCUT2D eigenvalue weighted by atomic mass is 9.83. The third-order valence-corrected chi connectivity index (χ3v) is 3.94. The predicted octanol–water partition coefficient (Wildman–Crippen LogP) is 4.57. The molecule has 2 rings (SSSR count). The number of hydrogen-bond acceptors (Lipinski definition) is 2. The Labute approximate surface area is 110 Å². The van der Waals surface area contributed by atoms with Crippen molar-refractivity contribution in [2.75, 3.05) is 0 Å². The molecule has 1 aliphatic rings. The molecule has 0 aliphatic heterocycles. The molecule has 1 aromatic carbocycles. The van der Waals surface area contributed by atoms with E-state index in [-0.39, 0.29) is 5.92 Å². The third kappa shape index (κ3) is 2.92. The molecule has 0 atom stereocenters. The monoisotopic (exact) mass is 245 g/mol. The zero-order valence-electron chi connectivity index (χ0n) is 11.4. The first-order valence-electron chi connectivity index (χ1n) is 7.04. The number of nitrogens with zero attached hydrogens (tertiary/aromatic N) is 1. The van der Waals surface area contributed by atoms with Crippen LogP contribution >= 0.6 is 0 Å². The molecule has 2 heteroatoms. The van der Waals surface area contributed by atoms with E-state index in [0.29, 0.717) is 0 Å². The predicted molar refractivity (Wildman–Crippen MR) is 75.4 cm³/mol. The molecule has 0 bridgehead atoms. The van der Waals surface area contributed by atoms with E-state index >= 15 is 0 Å². The van der Waals surface area contributed by atoms with E-state index in [4.69, 9.17) is 5.21 Å². The van der Waals surface area contributed by atoms with Crippen LogP contribution in [0.25, 0.3) is 0 Å². The van der Waals surface area contributed by atoms with Crippen molar-refractivity contribution >= 4 is 5.71 Å². The Morgan fingerprint density at radius 1 is 1.11 bits per heavy atom. The Kier molecular flexibility index (Phi) is 4.40. The van der Waals surface area contributed by atoms with Crippen LogP contribution < -0.4 is 0 Å². The second-order valence-corrected chi connectivity index (χ2v) is 5.60. The zero-order valence-corrected chi connectivity index (χ0v) is 11.4. The maximum atomic E-state index is 9.06. The van der Waals surface area contributed by atoms with Crippen LogP contribution in [0.3, 0.4) is 0 Å². The van der Waals surface area contributed by atoms with E-state index in [9.17, 15) is 0 Å². The number of rotatable bonds is 3. The third-order valence-electron chi connectivity index (χ3n) is 3.94. The molecule has 1 fully saturated rings. The molecular weight excluding hydrogens is 222 g/mol. The summed E-state index contributed by atoms with van der Waals surface area (Å²) in [6, 6.07) is 8.61. The lowest BCUT2D eigenvalue weighted by molar-refractivity contribution is 0.316. The highest BCUT2D eigenvalue weighted by molar-refractivity contribution is 6.01. The van der Waals surface area contributed by atoms with Crippen LogP contribution in [0, 0.1) is 5.92 Å². The number of oxime groups is 1. The molecular formula is C16H23NO. The van der Waals surface area contributed by atoms with Crippen molar-refractivity contribution in [2.45, 2.75) is 51.9 Å². The standard InChI is InChI=1S/C16H23NO/c1-12(2)16(17-18)15-10-8-14(9-11-15)13-6-4-3-5-7-13/h8-13,18H,3-7H2,1-2H3/b17-16+. The molecule has 18 heavy (non-hydrogen) atoms. The van der Waals surface area contributed by atoms with Crippen LogP contribution in [0.1, 0.15) is 63.0 Å². The van der Waals surface area contributed by atoms with Crippen LogP contribution in [-0.2, 0) is 0 Å². The van der Waals surface area contributed by atoms with E-state index in [2.05, 4.69) is 29.4 Å². The molecule has 0 amide bonds. The fourth-order valence-corrected chi connectivity index (χ4v) is 2.87. The van der Waals surface area contributed by atoms with Crippen molar-refractivity contribution in [3.8, 4) is 0 Å². The van der Waals surface area contributed by atoms with Gasteiger partial charge in [-0.3, -0.25) is 0 Å². The van der Waals surface area contributed by atoms with Gasteiger partial charge in [0.15, 0.2) is 0 Å². The van der Waals surface area contributed by atoms with Crippen LogP contribution in [0.5, 0.6) is 0 Å². The minimum atomic E-state index is 0.246. The van der Waals surface area contributed by atoms with Crippen molar-refractivity contribution in [3.05, 3.63) is 35.4 Å². The zero-order chi connectivity index (χ0) is 13.0. The van der Waals surface area contributed by atoms with Crippen molar-refractivity contribution < 1.29 is 5.21 Å². The fourth-order valence-electron chi connectivity index (χ4n) is 2.87. The molecule has 0 saturated heterocycles. The largest absolute Gasteiger partial charge is 0.411 e. The van der Waals surface area contributed by atoms with Crippen LogP contribution in [0.4, 0.5) is 0 Å². The highest BCUT2D eigenvalue weighted by Gasteiger charge is 2.16. The Morgan fingerprint density at radius 3 is 2.22 bits per heavy atom. The van der Waals surface area contributed by atoms with Gasteiger partial charge in [-0.25, -0.2) is 0 Å². The van der Waals surface area contributed by atoms with Crippen molar-refractivity contribution in [1.82, 2.24) is 0 Å². The summed E-state index contributed by atoms with van der Waals surface area (Å²) >= 11 is 0. The summed E-state index contributed by atoms with van der Waals surface area (Å²) in [5.41, 5.74) is 3.25. The van der Waals surface area contributed by atoms with Gasteiger partial charge in [0, 0.05) is 0 Å². The van der Waals surface area contributed by atoms with Gasteiger partial charge in [0.05, 0.1) is 5.71 Å². The van der Waals surface area contributed by atoms with Gasteiger partial charge >= 0.3 is 0 Å². The van der Waals surface area contributed by atoms with Crippen molar-refractivity contribution in [2.24, 2.45) is 11.1 Å². The molecule has 1 aromatic rings. The minimum Gasteiger partial charge on any atom is -0.411 e. The van der Waals surface area contributed by atoms with Gasteiger partial charge in [0.25, 0.3) is 0 Å². The topological polar surface area (TPSA) is 32.6 Å². The van der Waals surface area contributed by atoms with Gasteiger partial charge < -0.3 is 5.21 Å². The maximum Gasteiger partial charge on any atom is 0.0893 e. The second-order valence-electron chi connectivity index (χ2n) is 5.60. The van der Waals surface area contributed by atoms with Gasteiger partial charge in [0.1, 0.15) is 0 Å². The molecule has 0 radical (unpaired) electrons. The molecule has 0 heterocycles. The number of benzene rings is 1. The van der Waals surface area contributed by atoms with E-state index in [0.717, 1.165) is 17.2 Å². The first kappa shape index (κ1) is 13.1. The maximum absolute atomic E-state index is 9.06. The second kappa shape index (κ2) is 6.03. The van der Waals surface area contributed by atoms with Gasteiger partial charge in [-0.2, -0.15) is 0 Å². The Morgan fingerprint density at radius 2 is 1.72 bits per heavy atom. The number of hydrogen-bond donors (Lipinski definition) is 1. The smallest absolute Gasteiger partial charge is 0.0893 e. The summed E-state index contributed by atoms with van der Waals surface area (Å²) < 4.78 is 0. The molecule has 2 nitrogen and oxygen atoms in total. The van der Waals surface area contributed by atoms with Crippen LogP contribution in [0.15, 0.2) is 29.4 Å². The molecule has 98 valence electrons. The Balaban J connectivity index is 2.14. The molecule has 1 aliphatic carbocycles. The molecule has 0 spiro atoms. The van der Waals surface area contributed by atoms with E-state index in [1.54, 1.807) is 0 Å².